The van der Waals surface area contributed by atoms with Crippen LogP contribution in [-0.4, -0.2) is 37.2 Å². The average Bonchev–Trinajstić information content (AvgIpc) is 3.34. The Balaban J connectivity index is 1.14. The van der Waals surface area contributed by atoms with E-state index in [1.807, 2.05) is 36.4 Å². The molecule has 1 heterocycles. The molecule has 0 N–H and O–H groups in total. The highest BCUT2D eigenvalue weighted by Gasteiger charge is 2.26. The molecule has 7 heteroatoms. The van der Waals surface area contributed by atoms with E-state index in [0.717, 1.165) is 55.2 Å². The minimum Gasteiger partial charge on any atom is -0.494 e. The van der Waals surface area contributed by atoms with Crippen molar-refractivity contribution < 1.29 is 33.3 Å². The van der Waals surface area contributed by atoms with Crippen LogP contribution >= 0.6 is 0 Å². The molecule has 1 fully saturated rings. The van der Waals surface area contributed by atoms with Gasteiger partial charge in [0.05, 0.1) is 18.8 Å². The first kappa shape index (κ1) is 31.3. The minimum absolute atomic E-state index is 0.00818. The fraction of sp³-hybridized carbons (Fsp3) is 0.306. The molecule has 3 aromatic carbocycles. The summed E-state index contributed by atoms with van der Waals surface area (Å²) in [5.74, 6) is 0.119. The number of rotatable bonds is 15. The summed E-state index contributed by atoms with van der Waals surface area (Å²) in [4.78, 5) is 35.5. The molecule has 1 unspecified atom stereocenters. The zero-order valence-corrected chi connectivity index (χ0v) is 24.6. The topological polar surface area (TPSA) is 88.1 Å². The van der Waals surface area contributed by atoms with Crippen molar-refractivity contribution in [2.75, 3.05) is 13.2 Å². The zero-order chi connectivity index (χ0) is 30.4. The Morgan fingerprint density at radius 3 is 2.14 bits per heavy atom. The van der Waals surface area contributed by atoms with Crippen molar-refractivity contribution in [2.24, 2.45) is 0 Å². The maximum atomic E-state index is 12.6. The molecule has 0 amide bonds. The van der Waals surface area contributed by atoms with Gasteiger partial charge in [0.1, 0.15) is 17.6 Å². The van der Waals surface area contributed by atoms with Gasteiger partial charge in [-0.25, -0.2) is 14.4 Å². The lowest BCUT2D eigenvalue weighted by Crippen LogP contribution is -2.08. The fourth-order valence-corrected chi connectivity index (χ4v) is 4.70. The van der Waals surface area contributed by atoms with Crippen molar-refractivity contribution in [3.8, 4) is 22.6 Å². The lowest BCUT2D eigenvalue weighted by Gasteiger charge is -2.09. The Bertz CT molecular complexity index is 1390. The van der Waals surface area contributed by atoms with Crippen molar-refractivity contribution in [3.05, 3.63) is 102 Å². The Hall–Kier alpha value is -4.65. The van der Waals surface area contributed by atoms with Gasteiger partial charge in [0.25, 0.3) is 0 Å². The quantitative estimate of drug-likeness (QED) is 0.0784. The van der Waals surface area contributed by atoms with Crippen molar-refractivity contribution in [3.63, 3.8) is 0 Å². The molecule has 3 aromatic rings. The summed E-state index contributed by atoms with van der Waals surface area (Å²) in [6, 6.07) is 22.1. The van der Waals surface area contributed by atoms with Gasteiger partial charge in [-0.05, 0) is 85.4 Å². The Labute approximate surface area is 253 Å². The predicted octanol–water partition coefficient (Wildman–Crippen LogP) is 7.74. The highest BCUT2D eigenvalue weighted by atomic mass is 16.6. The van der Waals surface area contributed by atoms with E-state index in [1.165, 1.54) is 6.08 Å². The van der Waals surface area contributed by atoms with E-state index >= 15 is 0 Å². The van der Waals surface area contributed by atoms with Crippen LogP contribution in [0.25, 0.3) is 17.2 Å². The van der Waals surface area contributed by atoms with E-state index in [-0.39, 0.29) is 18.0 Å². The molecule has 1 aliphatic heterocycles. The smallest absolute Gasteiger partial charge is 0.343 e. The van der Waals surface area contributed by atoms with Gasteiger partial charge in [-0.1, -0.05) is 62.2 Å². The zero-order valence-electron chi connectivity index (χ0n) is 24.6. The second-order valence-corrected chi connectivity index (χ2v) is 10.4. The van der Waals surface area contributed by atoms with E-state index < -0.39 is 5.97 Å². The summed E-state index contributed by atoms with van der Waals surface area (Å²) >= 11 is 0. The standard InChI is InChI=1S/C36H38O7/c1-3-40-34(37)23-12-27-10-13-28(14-11-27)29-15-21-32(22-16-29)42-36(39)30-17-19-31(20-18-30)41-24-8-6-4-5-7-9-33-25-26(2)35(38)43-33/h10-23,33H,2-9,24-25H2,1H3/b23-12+. The van der Waals surface area contributed by atoms with E-state index in [1.54, 1.807) is 49.4 Å². The molecule has 0 aromatic heterocycles. The molecule has 1 saturated heterocycles. The Morgan fingerprint density at radius 1 is 0.860 bits per heavy atom. The summed E-state index contributed by atoms with van der Waals surface area (Å²) in [6.07, 6.45) is 9.96. The van der Waals surface area contributed by atoms with Gasteiger partial charge in [0.15, 0.2) is 0 Å². The van der Waals surface area contributed by atoms with Gasteiger partial charge in [0.2, 0.25) is 0 Å². The monoisotopic (exact) mass is 582 g/mol. The number of benzene rings is 3. The van der Waals surface area contributed by atoms with Crippen LogP contribution < -0.4 is 9.47 Å². The number of esters is 3. The first-order valence-corrected chi connectivity index (χ1v) is 14.8. The minimum atomic E-state index is -0.436. The highest BCUT2D eigenvalue weighted by Crippen LogP contribution is 2.25. The van der Waals surface area contributed by atoms with E-state index in [0.29, 0.717) is 42.3 Å². The number of hydrogen-bond donors (Lipinski definition) is 0. The molecule has 43 heavy (non-hydrogen) atoms. The molecule has 0 spiro atoms. The van der Waals surface area contributed by atoms with Gasteiger partial charge < -0.3 is 18.9 Å². The number of cyclic esters (lactones) is 1. The first-order chi connectivity index (χ1) is 20.9. The largest absolute Gasteiger partial charge is 0.494 e. The van der Waals surface area contributed by atoms with Gasteiger partial charge in [0, 0.05) is 18.1 Å². The summed E-state index contributed by atoms with van der Waals surface area (Å²) in [5, 5.41) is 0. The van der Waals surface area contributed by atoms with Gasteiger partial charge in [-0.2, -0.15) is 0 Å². The molecule has 1 atom stereocenters. The lowest BCUT2D eigenvalue weighted by atomic mass is 10.0. The van der Waals surface area contributed by atoms with Crippen molar-refractivity contribution in [1.82, 2.24) is 0 Å². The van der Waals surface area contributed by atoms with Crippen LogP contribution in [0, 0.1) is 0 Å². The van der Waals surface area contributed by atoms with Gasteiger partial charge in [-0.3, -0.25) is 0 Å². The van der Waals surface area contributed by atoms with E-state index in [4.69, 9.17) is 18.9 Å². The third kappa shape index (κ3) is 9.99. The number of unbranched alkanes of at least 4 members (excludes halogenated alkanes) is 4. The number of hydrogen-bond acceptors (Lipinski definition) is 7. The third-order valence-electron chi connectivity index (χ3n) is 7.07. The first-order valence-electron chi connectivity index (χ1n) is 14.8. The molecule has 0 bridgehead atoms. The van der Waals surface area contributed by atoms with Crippen LogP contribution in [0.15, 0.2) is 91.0 Å². The molecule has 0 radical (unpaired) electrons. The molecule has 0 aliphatic carbocycles. The molecule has 0 saturated carbocycles. The molecule has 4 rings (SSSR count). The number of carbonyl (C=O) groups excluding carboxylic acids is 3. The van der Waals surface area contributed by atoms with Crippen molar-refractivity contribution >= 4 is 24.0 Å². The van der Waals surface area contributed by atoms with Gasteiger partial charge >= 0.3 is 17.9 Å². The maximum Gasteiger partial charge on any atom is 0.343 e. The molecule has 7 nitrogen and oxygen atoms in total. The number of ether oxygens (including phenoxy) is 4. The highest BCUT2D eigenvalue weighted by molar-refractivity contribution is 5.91. The average molecular weight is 583 g/mol. The SMILES string of the molecule is C=C1CC(CCCCCCCOc2ccc(C(=O)Oc3ccc(-c4ccc(/C=C/C(=O)OCC)cc4)cc3)cc2)OC1=O. The second-order valence-electron chi connectivity index (χ2n) is 10.4. The summed E-state index contributed by atoms with van der Waals surface area (Å²) < 4.78 is 21.5. The van der Waals surface area contributed by atoms with E-state index in [2.05, 4.69) is 6.58 Å². The maximum absolute atomic E-state index is 12.6. The Kier molecular flexibility index (Phi) is 11.7. The van der Waals surface area contributed by atoms with Crippen LogP contribution in [0.5, 0.6) is 11.5 Å². The van der Waals surface area contributed by atoms with Gasteiger partial charge in [-0.15, -0.1) is 0 Å². The van der Waals surface area contributed by atoms with Crippen LogP contribution in [0.3, 0.4) is 0 Å². The van der Waals surface area contributed by atoms with Crippen LogP contribution in [0.2, 0.25) is 0 Å². The molecular weight excluding hydrogens is 544 g/mol. The number of carbonyl (C=O) groups is 3. The summed E-state index contributed by atoms with van der Waals surface area (Å²) in [5.41, 5.74) is 3.90. The van der Waals surface area contributed by atoms with E-state index in [9.17, 15) is 14.4 Å². The predicted molar refractivity (Wildman–Crippen MR) is 166 cm³/mol. The normalized spacial score (nSPS) is 14.5. The molecular formula is C36H38O7. The van der Waals surface area contributed by atoms with Crippen molar-refractivity contribution in [1.29, 1.82) is 0 Å². The molecule has 1 aliphatic rings. The summed E-state index contributed by atoms with van der Waals surface area (Å²) in [7, 11) is 0. The Morgan fingerprint density at radius 2 is 1.49 bits per heavy atom. The van der Waals surface area contributed by atoms with Crippen LogP contribution in [0.1, 0.15) is 67.8 Å². The second kappa shape index (κ2) is 16.1. The van der Waals surface area contributed by atoms with Crippen LogP contribution in [-0.2, 0) is 19.1 Å². The fourth-order valence-electron chi connectivity index (χ4n) is 4.70. The molecule has 224 valence electrons. The lowest BCUT2D eigenvalue weighted by molar-refractivity contribution is -0.139. The van der Waals surface area contributed by atoms with Crippen LogP contribution in [0.4, 0.5) is 0 Å². The third-order valence-corrected chi connectivity index (χ3v) is 7.07. The van der Waals surface area contributed by atoms with Crippen molar-refractivity contribution in [2.45, 2.75) is 58.0 Å². The summed E-state index contributed by atoms with van der Waals surface area (Å²) in [6.45, 7) is 6.45.